The molecule has 1 N–H and O–H groups in total. The second kappa shape index (κ2) is 4.09. The zero-order valence-electron chi connectivity index (χ0n) is 9.35. The molecular formula is C11H11ClFN3O. The van der Waals surface area contributed by atoms with E-state index in [0.29, 0.717) is 16.4 Å². The molecule has 2 rings (SSSR count). The minimum atomic E-state index is -1.42. The molecule has 0 aliphatic rings. The molecular weight excluding hydrogens is 245 g/mol. The molecule has 4 nitrogen and oxygen atoms in total. The fraction of sp³-hybridized carbons (Fsp3) is 0.273. The zero-order valence-corrected chi connectivity index (χ0v) is 10.1. The van der Waals surface area contributed by atoms with E-state index in [-0.39, 0.29) is 0 Å². The van der Waals surface area contributed by atoms with Gasteiger partial charge in [-0.25, -0.2) is 4.39 Å². The number of hydrogen-bond donors (Lipinski definition) is 1. The van der Waals surface area contributed by atoms with Crippen LogP contribution >= 0.6 is 11.6 Å². The van der Waals surface area contributed by atoms with Gasteiger partial charge in [-0.15, -0.1) is 0 Å². The van der Waals surface area contributed by atoms with Crippen LogP contribution in [-0.2, 0) is 12.6 Å². The maximum Gasteiger partial charge on any atom is 0.146 e. The van der Waals surface area contributed by atoms with Gasteiger partial charge in [0, 0.05) is 7.05 Å². The molecule has 0 aromatic carbocycles. The zero-order chi connectivity index (χ0) is 12.6. The summed E-state index contributed by atoms with van der Waals surface area (Å²) >= 11 is 5.97. The molecule has 0 saturated carbocycles. The summed E-state index contributed by atoms with van der Waals surface area (Å²) in [6, 6.07) is 2.65. The molecule has 0 saturated heterocycles. The van der Waals surface area contributed by atoms with Gasteiger partial charge in [0.1, 0.15) is 11.4 Å². The predicted molar refractivity (Wildman–Crippen MR) is 61.1 cm³/mol. The largest absolute Gasteiger partial charge is 0.377 e. The van der Waals surface area contributed by atoms with Gasteiger partial charge in [-0.05, 0) is 19.1 Å². The fourth-order valence-electron chi connectivity index (χ4n) is 1.74. The van der Waals surface area contributed by atoms with Gasteiger partial charge in [0.05, 0.1) is 28.8 Å². The van der Waals surface area contributed by atoms with Gasteiger partial charge in [-0.3, -0.25) is 9.67 Å². The van der Waals surface area contributed by atoms with Crippen molar-refractivity contribution in [3.63, 3.8) is 0 Å². The SMILES string of the molecule is Cn1ncc(Cl)c1C(C)(O)c1ccc(F)cn1. The highest BCUT2D eigenvalue weighted by molar-refractivity contribution is 6.31. The number of aryl methyl sites for hydroxylation is 1. The van der Waals surface area contributed by atoms with Crippen molar-refractivity contribution in [1.82, 2.24) is 14.8 Å². The Balaban J connectivity index is 2.53. The van der Waals surface area contributed by atoms with Crippen molar-refractivity contribution in [3.05, 3.63) is 46.8 Å². The number of halogens is 2. The van der Waals surface area contributed by atoms with E-state index in [9.17, 15) is 9.50 Å². The highest BCUT2D eigenvalue weighted by Crippen LogP contribution is 2.32. The average molecular weight is 256 g/mol. The summed E-state index contributed by atoms with van der Waals surface area (Å²) in [5.74, 6) is -0.458. The van der Waals surface area contributed by atoms with Crippen LogP contribution in [0.5, 0.6) is 0 Å². The molecule has 0 fully saturated rings. The van der Waals surface area contributed by atoms with Crippen molar-refractivity contribution in [3.8, 4) is 0 Å². The molecule has 1 unspecified atom stereocenters. The molecule has 0 spiro atoms. The quantitative estimate of drug-likeness (QED) is 0.891. The molecule has 1 atom stereocenters. The number of hydrogen-bond acceptors (Lipinski definition) is 3. The van der Waals surface area contributed by atoms with E-state index in [2.05, 4.69) is 10.1 Å². The molecule has 17 heavy (non-hydrogen) atoms. The summed E-state index contributed by atoms with van der Waals surface area (Å²) in [5.41, 5.74) is -0.696. The normalized spacial score (nSPS) is 14.6. The first kappa shape index (κ1) is 12.0. The van der Waals surface area contributed by atoms with Gasteiger partial charge in [0.2, 0.25) is 0 Å². The first-order valence-electron chi connectivity index (χ1n) is 4.95. The molecule has 90 valence electrons. The topological polar surface area (TPSA) is 50.9 Å². The van der Waals surface area contributed by atoms with Gasteiger partial charge >= 0.3 is 0 Å². The number of nitrogens with zero attached hydrogens (tertiary/aromatic N) is 3. The van der Waals surface area contributed by atoms with Crippen LogP contribution in [0.25, 0.3) is 0 Å². The van der Waals surface area contributed by atoms with Crippen molar-refractivity contribution in [2.24, 2.45) is 7.05 Å². The molecule has 6 heteroatoms. The summed E-state index contributed by atoms with van der Waals surface area (Å²) in [5, 5.41) is 14.8. The number of aliphatic hydroxyl groups is 1. The van der Waals surface area contributed by atoms with Crippen LogP contribution in [0, 0.1) is 5.82 Å². The minimum absolute atomic E-state index is 0.310. The van der Waals surface area contributed by atoms with E-state index in [1.54, 1.807) is 7.05 Å². The Bertz CT molecular complexity index is 517. The molecule has 0 aliphatic heterocycles. The van der Waals surface area contributed by atoms with E-state index >= 15 is 0 Å². The van der Waals surface area contributed by atoms with E-state index in [1.807, 2.05) is 0 Å². The van der Waals surface area contributed by atoms with E-state index < -0.39 is 11.4 Å². The molecule has 0 bridgehead atoms. The van der Waals surface area contributed by atoms with E-state index in [0.717, 1.165) is 6.20 Å². The van der Waals surface area contributed by atoms with Crippen LogP contribution in [0.15, 0.2) is 24.5 Å². The second-order valence-corrected chi connectivity index (χ2v) is 4.31. The third kappa shape index (κ3) is 2.03. The van der Waals surface area contributed by atoms with Crippen LogP contribution in [0.1, 0.15) is 18.3 Å². The lowest BCUT2D eigenvalue weighted by atomic mass is 9.97. The molecule has 2 aromatic rings. The molecule has 0 amide bonds. The fourth-order valence-corrected chi connectivity index (χ4v) is 2.09. The third-order valence-corrected chi connectivity index (χ3v) is 2.86. The van der Waals surface area contributed by atoms with Crippen molar-refractivity contribution < 1.29 is 9.50 Å². The Labute approximate surface area is 103 Å². The standard InChI is InChI=1S/C11H11ClFN3O/c1-11(17,9-4-3-7(13)5-14-9)10-8(12)6-15-16(10)2/h3-6,17H,1-2H3. The van der Waals surface area contributed by atoms with Crippen molar-refractivity contribution in [2.45, 2.75) is 12.5 Å². The van der Waals surface area contributed by atoms with Crippen LogP contribution in [0.3, 0.4) is 0 Å². The van der Waals surface area contributed by atoms with Gasteiger partial charge in [-0.2, -0.15) is 5.10 Å². The Hall–Kier alpha value is -1.46. The number of aromatic nitrogens is 3. The van der Waals surface area contributed by atoms with Crippen LogP contribution < -0.4 is 0 Å². The summed E-state index contributed by atoms with van der Waals surface area (Å²) < 4.78 is 14.3. The Morgan fingerprint density at radius 3 is 2.59 bits per heavy atom. The average Bonchev–Trinajstić information content (AvgIpc) is 2.59. The third-order valence-electron chi connectivity index (χ3n) is 2.58. The Morgan fingerprint density at radius 2 is 2.12 bits per heavy atom. The predicted octanol–water partition coefficient (Wildman–Crippen LogP) is 1.86. The molecule has 0 aliphatic carbocycles. The van der Waals surface area contributed by atoms with Crippen LogP contribution in [0.2, 0.25) is 5.02 Å². The number of pyridine rings is 1. The number of rotatable bonds is 2. The van der Waals surface area contributed by atoms with Crippen LogP contribution in [0.4, 0.5) is 4.39 Å². The molecule has 0 radical (unpaired) electrons. The summed E-state index contributed by atoms with van der Waals surface area (Å²) in [7, 11) is 1.67. The smallest absolute Gasteiger partial charge is 0.146 e. The lowest BCUT2D eigenvalue weighted by Crippen LogP contribution is -2.27. The van der Waals surface area contributed by atoms with E-state index in [1.165, 1.54) is 29.9 Å². The maximum absolute atomic E-state index is 12.8. The molecule has 2 aromatic heterocycles. The van der Waals surface area contributed by atoms with Gasteiger partial charge in [0.25, 0.3) is 0 Å². The highest BCUT2D eigenvalue weighted by atomic mass is 35.5. The Kier molecular flexibility index (Phi) is 2.89. The lowest BCUT2D eigenvalue weighted by Gasteiger charge is -2.23. The van der Waals surface area contributed by atoms with Gasteiger partial charge in [0.15, 0.2) is 0 Å². The van der Waals surface area contributed by atoms with Crippen molar-refractivity contribution in [2.75, 3.05) is 0 Å². The second-order valence-electron chi connectivity index (χ2n) is 3.90. The monoisotopic (exact) mass is 255 g/mol. The van der Waals surface area contributed by atoms with Gasteiger partial charge in [-0.1, -0.05) is 11.6 Å². The first-order valence-corrected chi connectivity index (χ1v) is 5.33. The van der Waals surface area contributed by atoms with Crippen molar-refractivity contribution >= 4 is 11.6 Å². The van der Waals surface area contributed by atoms with Gasteiger partial charge < -0.3 is 5.11 Å². The van der Waals surface area contributed by atoms with Crippen molar-refractivity contribution in [1.29, 1.82) is 0 Å². The summed E-state index contributed by atoms with van der Waals surface area (Å²) in [4.78, 5) is 3.86. The summed E-state index contributed by atoms with van der Waals surface area (Å²) in [6.45, 7) is 1.54. The lowest BCUT2D eigenvalue weighted by molar-refractivity contribution is 0.0882. The van der Waals surface area contributed by atoms with Crippen LogP contribution in [-0.4, -0.2) is 19.9 Å². The minimum Gasteiger partial charge on any atom is -0.377 e. The highest BCUT2D eigenvalue weighted by Gasteiger charge is 2.32. The van der Waals surface area contributed by atoms with E-state index in [4.69, 9.17) is 11.6 Å². The molecule has 2 heterocycles. The Morgan fingerprint density at radius 1 is 1.41 bits per heavy atom. The summed E-state index contributed by atoms with van der Waals surface area (Å²) in [6.07, 6.45) is 2.49. The maximum atomic E-state index is 12.8. The first-order chi connectivity index (χ1) is 7.93.